The van der Waals surface area contributed by atoms with E-state index in [1.54, 1.807) is 18.2 Å². The van der Waals surface area contributed by atoms with E-state index in [9.17, 15) is 27.9 Å². The minimum absolute atomic E-state index is 0.0457. The SMILES string of the molecule is COc1cccc2sc(=NC(=O)c3cccc(C(F)(F)F)c3)n(CC(=O)O)c12. The molecule has 1 amide bonds. The lowest BCUT2D eigenvalue weighted by Crippen LogP contribution is -2.21. The molecule has 2 aromatic carbocycles. The van der Waals surface area contributed by atoms with Gasteiger partial charge in [-0.3, -0.25) is 9.59 Å². The van der Waals surface area contributed by atoms with Crippen LogP contribution in [0.2, 0.25) is 0 Å². The molecule has 0 aliphatic carbocycles. The van der Waals surface area contributed by atoms with Crippen molar-refractivity contribution in [1.29, 1.82) is 0 Å². The van der Waals surface area contributed by atoms with Crippen LogP contribution < -0.4 is 9.54 Å². The number of carbonyl (C=O) groups excluding carboxylic acids is 1. The van der Waals surface area contributed by atoms with Crippen molar-refractivity contribution >= 4 is 33.4 Å². The maximum atomic E-state index is 12.9. The highest BCUT2D eigenvalue weighted by atomic mass is 32.1. The minimum atomic E-state index is -4.59. The third-order valence-electron chi connectivity index (χ3n) is 3.81. The molecule has 0 aliphatic rings. The van der Waals surface area contributed by atoms with Crippen LogP contribution in [0.1, 0.15) is 15.9 Å². The second kappa shape index (κ2) is 7.47. The molecule has 10 heteroatoms. The normalized spacial score (nSPS) is 12.4. The zero-order valence-corrected chi connectivity index (χ0v) is 15.2. The van der Waals surface area contributed by atoms with Crippen molar-refractivity contribution in [3.8, 4) is 5.75 Å². The standard InChI is InChI=1S/C18H13F3N2O4S/c1-27-12-6-3-7-13-15(12)23(9-14(24)25)17(28-13)22-16(26)10-4-2-5-11(8-10)18(19,20)21/h2-8H,9H2,1H3,(H,24,25). The molecule has 146 valence electrons. The summed E-state index contributed by atoms with van der Waals surface area (Å²) in [5.74, 6) is -1.68. The highest BCUT2D eigenvalue weighted by molar-refractivity contribution is 7.16. The fourth-order valence-corrected chi connectivity index (χ4v) is 3.65. The number of carboxylic acid groups (broad SMARTS) is 1. The Hall–Kier alpha value is -3.14. The van der Waals surface area contributed by atoms with Crippen molar-refractivity contribution in [2.75, 3.05) is 7.11 Å². The van der Waals surface area contributed by atoms with E-state index in [1.165, 1.54) is 17.7 Å². The fourth-order valence-electron chi connectivity index (χ4n) is 2.61. The zero-order chi connectivity index (χ0) is 20.5. The van der Waals surface area contributed by atoms with Crippen LogP contribution in [0.15, 0.2) is 47.5 Å². The monoisotopic (exact) mass is 410 g/mol. The van der Waals surface area contributed by atoms with E-state index in [-0.39, 0.29) is 10.4 Å². The summed E-state index contributed by atoms with van der Waals surface area (Å²) in [5.41, 5.74) is -0.779. The van der Waals surface area contributed by atoms with Crippen molar-refractivity contribution < 1.29 is 32.6 Å². The number of methoxy groups -OCH3 is 1. The number of amides is 1. The molecule has 1 heterocycles. The van der Waals surface area contributed by atoms with E-state index in [0.717, 1.165) is 23.5 Å². The molecule has 0 saturated heterocycles. The molecule has 1 N–H and O–H groups in total. The molecule has 0 atom stereocenters. The van der Waals surface area contributed by atoms with Crippen molar-refractivity contribution in [3.63, 3.8) is 0 Å². The Labute approximate surface area is 160 Å². The second-order valence-electron chi connectivity index (χ2n) is 5.67. The number of thiazole rings is 1. The van der Waals surface area contributed by atoms with Crippen LogP contribution in [0.4, 0.5) is 13.2 Å². The highest BCUT2D eigenvalue weighted by Gasteiger charge is 2.30. The lowest BCUT2D eigenvalue weighted by Gasteiger charge is -2.07. The number of halogens is 3. The van der Waals surface area contributed by atoms with Crippen LogP contribution in [-0.2, 0) is 17.5 Å². The largest absolute Gasteiger partial charge is 0.495 e. The van der Waals surface area contributed by atoms with Crippen molar-refractivity contribution in [2.24, 2.45) is 4.99 Å². The fraction of sp³-hybridized carbons (Fsp3) is 0.167. The zero-order valence-electron chi connectivity index (χ0n) is 14.4. The van der Waals surface area contributed by atoms with Gasteiger partial charge in [-0.25, -0.2) is 0 Å². The first-order valence-corrected chi connectivity index (χ1v) is 8.67. The Morgan fingerprint density at radius 1 is 1.21 bits per heavy atom. The average molecular weight is 410 g/mol. The van der Waals surface area contributed by atoms with Gasteiger partial charge in [-0.05, 0) is 30.3 Å². The summed E-state index contributed by atoms with van der Waals surface area (Å²) in [5, 5.41) is 9.20. The quantitative estimate of drug-likeness (QED) is 0.713. The molecule has 0 unspecified atom stereocenters. The lowest BCUT2D eigenvalue weighted by molar-refractivity contribution is -0.138. The Morgan fingerprint density at radius 2 is 1.93 bits per heavy atom. The molecule has 28 heavy (non-hydrogen) atoms. The van der Waals surface area contributed by atoms with Crippen molar-refractivity contribution in [2.45, 2.75) is 12.7 Å². The second-order valence-corrected chi connectivity index (χ2v) is 6.68. The van der Waals surface area contributed by atoms with E-state index in [1.807, 2.05) is 0 Å². The van der Waals surface area contributed by atoms with E-state index in [4.69, 9.17) is 4.74 Å². The molecule has 3 rings (SSSR count). The number of carboxylic acids is 1. The molecule has 0 radical (unpaired) electrons. The van der Waals surface area contributed by atoms with E-state index < -0.39 is 30.2 Å². The molecular formula is C18H13F3N2O4S. The van der Waals surface area contributed by atoms with Crippen LogP contribution in [0, 0.1) is 0 Å². The van der Waals surface area contributed by atoms with E-state index in [0.29, 0.717) is 22.0 Å². The van der Waals surface area contributed by atoms with Crippen LogP contribution in [-0.4, -0.2) is 28.7 Å². The van der Waals surface area contributed by atoms with Gasteiger partial charge in [0.05, 0.1) is 17.4 Å². The third-order valence-corrected chi connectivity index (χ3v) is 4.85. The number of alkyl halides is 3. The molecule has 0 fully saturated rings. The Bertz CT molecular complexity index is 1130. The number of hydrogen-bond acceptors (Lipinski definition) is 4. The predicted molar refractivity (Wildman–Crippen MR) is 95.3 cm³/mol. The summed E-state index contributed by atoms with van der Waals surface area (Å²) in [7, 11) is 1.42. The summed E-state index contributed by atoms with van der Waals surface area (Å²) >= 11 is 1.04. The number of rotatable bonds is 4. The van der Waals surface area contributed by atoms with E-state index in [2.05, 4.69) is 4.99 Å². The van der Waals surface area contributed by atoms with Gasteiger partial charge in [0, 0.05) is 5.56 Å². The number of carbonyl (C=O) groups is 2. The minimum Gasteiger partial charge on any atom is -0.495 e. The van der Waals surface area contributed by atoms with Gasteiger partial charge in [0.25, 0.3) is 5.91 Å². The summed E-state index contributed by atoms with van der Waals surface area (Å²) in [6.07, 6.45) is -4.59. The summed E-state index contributed by atoms with van der Waals surface area (Å²) in [6, 6.07) is 8.93. The summed E-state index contributed by atoms with van der Waals surface area (Å²) in [4.78, 5) is 27.6. The van der Waals surface area contributed by atoms with Gasteiger partial charge in [-0.2, -0.15) is 18.2 Å². The van der Waals surface area contributed by atoms with Gasteiger partial charge < -0.3 is 14.4 Å². The number of para-hydroxylation sites is 1. The predicted octanol–water partition coefficient (Wildman–Crippen LogP) is 3.56. The van der Waals surface area contributed by atoms with Gasteiger partial charge >= 0.3 is 12.1 Å². The number of nitrogens with zero attached hydrogens (tertiary/aromatic N) is 2. The van der Waals surface area contributed by atoms with Crippen LogP contribution in [0.25, 0.3) is 10.2 Å². The molecular weight excluding hydrogens is 397 g/mol. The maximum absolute atomic E-state index is 12.9. The lowest BCUT2D eigenvalue weighted by atomic mass is 10.1. The number of aromatic nitrogens is 1. The van der Waals surface area contributed by atoms with Gasteiger partial charge in [0.1, 0.15) is 17.8 Å². The number of benzene rings is 2. The van der Waals surface area contributed by atoms with Crippen LogP contribution in [0.3, 0.4) is 0 Å². The molecule has 0 spiro atoms. The first-order chi connectivity index (χ1) is 13.2. The van der Waals surface area contributed by atoms with Gasteiger partial charge in [-0.15, -0.1) is 0 Å². The topological polar surface area (TPSA) is 80.9 Å². The van der Waals surface area contributed by atoms with Gasteiger partial charge in [-0.1, -0.05) is 23.5 Å². The number of ether oxygens (including phenoxy) is 1. The average Bonchev–Trinajstić information content (AvgIpc) is 2.97. The van der Waals surface area contributed by atoms with Crippen molar-refractivity contribution in [3.05, 3.63) is 58.4 Å². The molecule has 1 aromatic heterocycles. The summed E-state index contributed by atoms with van der Waals surface area (Å²) in [6.45, 7) is -0.491. The Morgan fingerprint density at radius 3 is 2.57 bits per heavy atom. The molecule has 0 aliphatic heterocycles. The molecule has 0 bridgehead atoms. The number of hydrogen-bond donors (Lipinski definition) is 1. The highest BCUT2D eigenvalue weighted by Crippen LogP contribution is 2.30. The van der Waals surface area contributed by atoms with Crippen LogP contribution in [0.5, 0.6) is 5.75 Å². The van der Waals surface area contributed by atoms with Gasteiger partial charge in [0.2, 0.25) is 0 Å². The summed E-state index contributed by atoms with van der Waals surface area (Å²) < 4.78 is 45.7. The van der Waals surface area contributed by atoms with Crippen molar-refractivity contribution in [1.82, 2.24) is 4.57 Å². The van der Waals surface area contributed by atoms with Gasteiger partial charge in [0.15, 0.2) is 4.80 Å². The number of fused-ring (bicyclic) bond motifs is 1. The first kappa shape index (κ1) is 19.6. The molecule has 6 nitrogen and oxygen atoms in total. The maximum Gasteiger partial charge on any atom is 0.416 e. The van der Waals surface area contributed by atoms with Crippen LogP contribution >= 0.6 is 11.3 Å². The first-order valence-electron chi connectivity index (χ1n) is 7.85. The Balaban J connectivity index is 2.16. The Kier molecular flexibility index (Phi) is 5.23. The third kappa shape index (κ3) is 3.91. The smallest absolute Gasteiger partial charge is 0.416 e. The number of aliphatic carboxylic acids is 1. The molecule has 0 saturated carbocycles. The molecule has 3 aromatic rings. The van der Waals surface area contributed by atoms with E-state index >= 15 is 0 Å².